The molecule has 1 aliphatic rings. The van der Waals surface area contributed by atoms with Gasteiger partial charge in [0, 0.05) is 39.0 Å². The first-order valence-electron chi connectivity index (χ1n) is 5.75. The van der Waals surface area contributed by atoms with Crippen molar-refractivity contribution in [3.8, 4) is 0 Å². The Kier molecular flexibility index (Phi) is 5.09. The molecule has 0 radical (unpaired) electrons. The summed E-state index contributed by atoms with van der Waals surface area (Å²) in [5, 5.41) is 8.46. The SMILES string of the molecule is CS(=O)(=O)N1CCN(C(=O)CCCC(=O)O)CC1. The second-order valence-corrected chi connectivity index (χ2v) is 6.27. The third kappa shape index (κ3) is 4.61. The summed E-state index contributed by atoms with van der Waals surface area (Å²) in [4.78, 5) is 23.6. The van der Waals surface area contributed by atoms with Crippen molar-refractivity contribution < 1.29 is 23.1 Å². The van der Waals surface area contributed by atoms with Gasteiger partial charge in [-0.15, -0.1) is 0 Å². The maximum absolute atomic E-state index is 11.7. The number of rotatable bonds is 5. The lowest BCUT2D eigenvalue weighted by Gasteiger charge is -2.33. The molecule has 18 heavy (non-hydrogen) atoms. The molecule has 1 N–H and O–H groups in total. The summed E-state index contributed by atoms with van der Waals surface area (Å²) in [6, 6.07) is 0. The monoisotopic (exact) mass is 278 g/mol. The largest absolute Gasteiger partial charge is 0.481 e. The molecule has 0 aliphatic carbocycles. The quantitative estimate of drug-likeness (QED) is 0.720. The minimum absolute atomic E-state index is 0.0188. The molecular weight excluding hydrogens is 260 g/mol. The number of carboxylic acids is 1. The minimum Gasteiger partial charge on any atom is -0.481 e. The fourth-order valence-electron chi connectivity index (χ4n) is 1.82. The average molecular weight is 278 g/mol. The molecule has 1 heterocycles. The van der Waals surface area contributed by atoms with E-state index in [1.54, 1.807) is 4.90 Å². The molecule has 104 valence electrons. The highest BCUT2D eigenvalue weighted by atomic mass is 32.2. The number of carbonyl (C=O) groups excluding carboxylic acids is 1. The summed E-state index contributed by atoms with van der Waals surface area (Å²) in [5.41, 5.74) is 0. The van der Waals surface area contributed by atoms with Crippen LogP contribution >= 0.6 is 0 Å². The summed E-state index contributed by atoms with van der Waals surface area (Å²) in [6.45, 7) is 1.37. The van der Waals surface area contributed by atoms with E-state index in [4.69, 9.17) is 5.11 Å². The second kappa shape index (κ2) is 6.14. The maximum atomic E-state index is 11.7. The third-order valence-corrected chi connectivity index (χ3v) is 4.14. The van der Waals surface area contributed by atoms with Crippen molar-refractivity contribution in [2.45, 2.75) is 19.3 Å². The number of hydrogen-bond acceptors (Lipinski definition) is 4. The fraction of sp³-hybridized carbons (Fsp3) is 0.800. The Morgan fingerprint density at radius 1 is 1.11 bits per heavy atom. The number of amides is 1. The van der Waals surface area contributed by atoms with Gasteiger partial charge in [0.15, 0.2) is 0 Å². The molecule has 7 nitrogen and oxygen atoms in total. The Morgan fingerprint density at radius 3 is 2.11 bits per heavy atom. The van der Waals surface area contributed by atoms with Gasteiger partial charge >= 0.3 is 5.97 Å². The first-order chi connectivity index (χ1) is 8.30. The molecule has 0 aromatic carbocycles. The average Bonchev–Trinajstić information content (AvgIpc) is 2.27. The van der Waals surface area contributed by atoms with Gasteiger partial charge in [-0.2, -0.15) is 4.31 Å². The Hall–Kier alpha value is -1.15. The lowest BCUT2D eigenvalue weighted by atomic mass is 10.2. The standard InChI is InChI=1S/C10H18N2O5S/c1-18(16,17)12-7-5-11(6-8-12)9(13)3-2-4-10(14)15/h2-8H2,1H3,(H,14,15). The molecular formula is C10H18N2O5S. The molecule has 0 saturated carbocycles. The van der Waals surface area contributed by atoms with E-state index in [-0.39, 0.29) is 18.7 Å². The highest BCUT2D eigenvalue weighted by molar-refractivity contribution is 7.88. The highest BCUT2D eigenvalue weighted by Gasteiger charge is 2.25. The molecule has 1 rings (SSSR count). The molecule has 0 atom stereocenters. The lowest BCUT2D eigenvalue weighted by molar-refractivity contribution is -0.137. The molecule has 0 unspecified atom stereocenters. The van der Waals surface area contributed by atoms with Gasteiger partial charge in [0.1, 0.15) is 0 Å². The van der Waals surface area contributed by atoms with Gasteiger partial charge in [0.05, 0.1) is 6.26 Å². The predicted molar refractivity (Wildman–Crippen MR) is 64.5 cm³/mol. The van der Waals surface area contributed by atoms with Crippen LogP contribution in [0, 0.1) is 0 Å². The zero-order chi connectivity index (χ0) is 13.8. The van der Waals surface area contributed by atoms with E-state index in [0.717, 1.165) is 6.26 Å². The highest BCUT2D eigenvalue weighted by Crippen LogP contribution is 2.08. The van der Waals surface area contributed by atoms with Gasteiger partial charge in [0.2, 0.25) is 15.9 Å². The van der Waals surface area contributed by atoms with Gasteiger partial charge in [-0.1, -0.05) is 0 Å². The van der Waals surface area contributed by atoms with Gasteiger partial charge in [0.25, 0.3) is 0 Å². The van der Waals surface area contributed by atoms with Crippen molar-refractivity contribution in [1.82, 2.24) is 9.21 Å². The number of carboxylic acid groups (broad SMARTS) is 1. The normalized spacial score (nSPS) is 17.7. The summed E-state index contributed by atoms with van der Waals surface area (Å²) in [7, 11) is -3.19. The first-order valence-corrected chi connectivity index (χ1v) is 7.60. The van der Waals surface area contributed by atoms with Crippen molar-refractivity contribution in [3.63, 3.8) is 0 Å². The predicted octanol–water partition coefficient (Wildman–Crippen LogP) is -0.655. The zero-order valence-electron chi connectivity index (χ0n) is 10.3. The van der Waals surface area contributed by atoms with Crippen LogP contribution in [0.2, 0.25) is 0 Å². The van der Waals surface area contributed by atoms with Crippen LogP contribution in [0.4, 0.5) is 0 Å². The molecule has 0 aromatic heterocycles. The summed E-state index contributed by atoms with van der Waals surface area (Å²) in [5.74, 6) is -1.02. The molecule has 1 aliphatic heterocycles. The van der Waals surface area contributed by atoms with E-state index in [1.807, 2.05) is 0 Å². The van der Waals surface area contributed by atoms with Crippen molar-refractivity contribution in [1.29, 1.82) is 0 Å². The maximum Gasteiger partial charge on any atom is 0.303 e. The van der Waals surface area contributed by atoms with Crippen LogP contribution in [0.3, 0.4) is 0 Å². The van der Waals surface area contributed by atoms with Gasteiger partial charge in [-0.05, 0) is 6.42 Å². The van der Waals surface area contributed by atoms with E-state index >= 15 is 0 Å². The molecule has 1 fully saturated rings. The molecule has 0 bridgehead atoms. The number of sulfonamides is 1. The van der Waals surface area contributed by atoms with E-state index < -0.39 is 16.0 Å². The Labute approximate surface area is 106 Å². The third-order valence-electron chi connectivity index (χ3n) is 2.84. The van der Waals surface area contributed by atoms with Gasteiger partial charge in [-0.25, -0.2) is 8.42 Å². The first kappa shape index (κ1) is 14.9. The zero-order valence-corrected chi connectivity index (χ0v) is 11.1. The second-order valence-electron chi connectivity index (χ2n) is 4.29. The van der Waals surface area contributed by atoms with Crippen LogP contribution in [-0.2, 0) is 19.6 Å². The van der Waals surface area contributed by atoms with E-state index in [2.05, 4.69) is 0 Å². The van der Waals surface area contributed by atoms with Gasteiger partial charge in [-0.3, -0.25) is 9.59 Å². The number of piperazine rings is 1. The molecule has 8 heteroatoms. The van der Waals surface area contributed by atoms with Crippen LogP contribution < -0.4 is 0 Å². The van der Waals surface area contributed by atoms with E-state index in [9.17, 15) is 18.0 Å². The van der Waals surface area contributed by atoms with Crippen LogP contribution in [0.15, 0.2) is 0 Å². The Bertz CT molecular complexity index is 412. The van der Waals surface area contributed by atoms with E-state index in [0.29, 0.717) is 32.6 Å². The van der Waals surface area contributed by atoms with Crippen LogP contribution in [-0.4, -0.2) is 67.0 Å². The summed E-state index contributed by atoms with van der Waals surface area (Å²) >= 11 is 0. The van der Waals surface area contributed by atoms with Crippen LogP contribution in [0.25, 0.3) is 0 Å². The molecule has 1 saturated heterocycles. The van der Waals surface area contributed by atoms with Crippen LogP contribution in [0.1, 0.15) is 19.3 Å². The molecule has 1 amide bonds. The number of carbonyl (C=O) groups is 2. The van der Waals surface area contributed by atoms with Crippen molar-refractivity contribution in [2.24, 2.45) is 0 Å². The molecule has 0 aromatic rings. The summed E-state index contributed by atoms with van der Waals surface area (Å²) < 4.78 is 23.9. The Balaban J connectivity index is 2.34. The Morgan fingerprint density at radius 2 is 1.67 bits per heavy atom. The van der Waals surface area contributed by atoms with E-state index in [1.165, 1.54) is 4.31 Å². The fourth-order valence-corrected chi connectivity index (χ4v) is 2.64. The number of hydrogen-bond donors (Lipinski definition) is 1. The lowest BCUT2D eigenvalue weighted by Crippen LogP contribution is -2.50. The topological polar surface area (TPSA) is 95.0 Å². The van der Waals surface area contributed by atoms with Crippen molar-refractivity contribution in [2.75, 3.05) is 32.4 Å². The van der Waals surface area contributed by atoms with Gasteiger partial charge < -0.3 is 10.0 Å². The smallest absolute Gasteiger partial charge is 0.303 e. The minimum atomic E-state index is -3.19. The number of nitrogens with zero attached hydrogens (tertiary/aromatic N) is 2. The van der Waals surface area contributed by atoms with Crippen LogP contribution in [0.5, 0.6) is 0 Å². The van der Waals surface area contributed by atoms with Crippen molar-refractivity contribution in [3.05, 3.63) is 0 Å². The summed E-state index contributed by atoms with van der Waals surface area (Å²) in [6.07, 6.45) is 1.65. The molecule has 0 spiro atoms. The van der Waals surface area contributed by atoms with Crippen molar-refractivity contribution >= 4 is 21.9 Å². The number of aliphatic carboxylic acids is 1.